The molecule has 2 unspecified atom stereocenters. The zero-order valence-corrected chi connectivity index (χ0v) is 60.2. The van der Waals surface area contributed by atoms with Crippen LogP contribution in [0.3, 0.4) is 0 Å². The Labute approximate surface area is 572 Å². The Morgan fingerprint density at radius 2 is 0.461 bits per heavy atom. The van der Waals surface area contributed by atoms with Crippen LogP contribution in [0, 0.1) is 0 Å². The van der Waals surface area contributed by atoms with E-state index in [-0.39, 0.29) is 86.0 Å². The molecular formula is C72H122CaO14S2. The molecule has 2 aromatic rings. The van der Waals surface area contributed by atoms with Gasteiger partial charge >= 0.3 is 61.6 Å². The van der Waals surface area contributed by atoms with Crippen molar-refractivity contribution in [2.45, 2.75) is 334 Å². The molecule has 14 nitrogen and oxygen atoms in total. The van der Waals surface area contributed by atoms with Gasteiger partial charge < -0.3 is 28.1 Å². The zero-order valence-electron chi connectivity index (χ0n) is 56.4. The number of ether oxygens (including phenoxy) is 4. The smallest absolute Gasteiger partial charge is 0.748 e. The number of benzene rings is 2. The third-order valence-electron chi connectivity index (χ3n) is 16.7. The van der Waals surface area contributed by atoms with Crippen molar-refractivity contribution in [3.8, 4) is 0 Å². The van der Waals surface area contributed by atoms with Gasteiger partial charge in [-0.15, -0.1) is 0 Å². The Morgan fingerprint density at radius 3 is 0.629 bits per heavy atom. The van der Waals surface area contributed by atoms with E-state index in [1.54, 1.807) is 24.3 Å². The van der Waals surface area contributed by atoms with Crippen LogP contribution >= 0.6 is 0 Å². The average molecular weight is 1320 g/mol. The fourth-order valence-corrected chi connectivity index (χ4v) is 11.4. The van der Waals surface area contributed by atoms with Gasteiger partial charge in [0.1, 0.15) is 0 Å². The summed E-state index contributed by atoms with van der Waals surface area (Å²) in [5.41, 5.74) is 0.343. The summed E-state index contributed by atoms with van der Waals surface area (Å²) < 4.78 is 86.9. The molecule has 0 aliphatic heterocycles. The molecule has 0 heterocycles. The summed E-state index contributed by atoms with van der Waals surface area (Å²) >= 11 is 0. The van der Waals surface area contributed by atoms with E-state index in [0.717, 1.165) is 38.5 Å². The van der Waals surface area contributed by atoms with Crippen molar-refractivity contribution in [2.75, 3.05) is 26.4 Å². The molecule has 2 rings (SSSR count). The van der Waals surface area contributed by atoms with Crippen LogP contribution in [0.25, 0.3) is 0 Å². The third-order valence-corrected chi connectivity index (χ3v) is 19.1. The monoisotopic (exact) mass is 1310 g/mol. The molecule has 0 spiro atoms. The quantitative estimate of drug-likeness (QED) is 0.0198. The summed E-state index contributed by atoms with van der Waals surface area (Å²) in [5, 5.41) is -2.32. The molecule has 0 aliphatic rings. The van der Waals surface area contributed by atoms with Gasteiger partial charge in [-0.25, -0.2) is 36.0 Å². The van der Waals surface area contributed by atoms with Crippen molar-refractivity contribution >= 4 is 81.9 Å². The van der Waals surface area contributed by atoms with Crippen LogP contribution in [-0.4, -0.2) is 124 Å². The van der Waals surface area contributed by atoms with Crippen molar-refractivity contribution in [1.82, 2.24) is 0 Å². The summed E-state index contributed by atoms with van der Waals surface area (Å²) in [7, 11) is -8.87. The molecule has 0 N–H and O–H groups in total. The molecule has 2 atom stereocenters. The van der Waals surface area contributed by atoms with Gasteiger partial charge in [-0.05, 0) is 63.8 Å². The van der Waals surface area contributed by atoms with Crippen molar-refractivity contribution < 1.29 is 64.1 Å². The minimum Gasteiger partial charge on any atom is -0.748 e. The van der Waals surface area contributed by atoms with E-state index in [4.69, 9.17) is 18.9 Å². The van der Waals surface area contributed by atoms with E-state index in [2.05, 4.69) is 13.8 Å². The molecular weight excluding hydrogens is 1190 g/mol. The SMILES string of the molecule is CCCCCCCCCCCCCCCCCCCCCCCCOC(=O)c1ccccc1C(=O)OCCC(C)S(=O)(=O)[O-].CCCCCCCCCCCCCCCCCCCCCCCCOC(=O)c1ccccc1C(=O)OCCC(C)S(=O)(=O)[O-].[Ca+2]. The predicted octanol–water partition coefficient (Wildman–Crippen LogP) is 19.5. The summed E-state index contributed by atoms with van der Waals surface area (Å²) in [6.45, 7) is 7.21. The summed E-state index contributed by atoms with van der Waals surface area (Å²) in [5.74, 6) is -2.68. The van der Waals surface area contributed by atoms with E-state index in [1.165, 1.54) is 282 Å². The maximum atomic E-state index is 12.5. The Balaban J connectivity index is 0.00000172. The molecule has 0 radical (unpaired) electrons. The minimum absolute atomic E-state index is 0. The Kier molecular flexibility index (Phi) is 57.4. The van der Waals surface area contributed by atoms with Crippen molar-refractivity contribution in [3.05, 3.63) is 70.8 Å². The van der Waals surface area contributed by atoms with Crippen molar-refractivity contribution in [3.63, 3.8) is 0 Å². The first-order valence-electron chi connectivity index (χ1n) is 35.3. The van der Waals surface area contributed by atoms with Gasteiger partial charge in [0.25, 0.3) is 0 Å². The number of esters is 4. The van der Waals surface area contributed by atoms with Crippen LogP contribution in [0.2, 0.25) is 0 Å². The molecule has 2 aromatic carbocycles. The maximum absolute atomic E-state index is 12.5. The van der Waals surface area contributed by atoms with Crippen LogP contribution in [0.15, 0.2) is 48.5 Å². The third kappa shape index (κ3) is 49.6. The van der Waals surface area contributed by atoms with Gasteiger partial charge in [0.15, 0.2) is 0 Å². The van der Waals surface area contributed by atoms with Gasteiger partial charge in [-0.3, -0.25) is 0 Å². The summed E-state index contributed by atoms with van der Waals surface area (Å²) in [4.78, 5) is 49.9. The second-order valence-electron chi connectivity index (χ2n) is 24.7. The van der Waals surface area contributed by atoms with Gasteiger partial charge in [0.05, 0.1) is 68.9 Å². The zero-order chi connectivity index (χ0) is 64.6. The molecule has 0 bridgehead atoms. The first-order valence-corrected chi connectivity index (χ1v) is 38.2. The van der Waals surface area contributed by atoms with Gasteiger partial charge in [0.2, 0.25) is 0 Å². The van der Waals surface area contributed by atoms with Crippen molar-refractivity contribution in [2.24, 2.45) is 0 Å². The van der Waals surface area contributed by atoms with E-state index in [9.17, 15) is 45.1 Å². The molecule has 89 heavy (non-hydrogen) atoms. The summed E-state index contributed by atoms with van der Waals surface area (Å²) in [6, 6.07) is 12.4. The molecule has 0 aliphatic carbocycles. The van der Waals surface area contributed by atoms with Crippen LogP contribution in [-0.2, 0) is 39.2 Å². The number of hydrogen-bond acceptors (Lipinski definition) is 14. The number of hydrogen-bond donors (Lipinski definition) is 0. The minimum atomic E-state index is -4.44. The normalized spacial score (nSPS) is 12.1. The van der Waals surface area contributed by atoms with Gasteiger partial charge in [0, 0.05) is 10.5 Å². The van der Waals surface area contributed by atoms with Gasteiger partial charge in [-0.1, -0.05) is 308 Å². The fraction of sp³-hybridized carbons (Fsp3) is 0.778. The molecule has 0 saturated heterocycles. The topological polar surface area (TPSA) is 220 Å². The molecule has 508 valence electrons. The number of rotatable bonds is 58. The Morgan fingerprint density at radius 1 is 0.303 bits per heavy atom. The molecule has 0 fully saturated rings. The van der Waals surface area contributed by atoms with Crippen molar-refractivity contribution in [1.29, 1.82) is 0 Å². The average Bonchev–Trinajstić information content (AvgIpc) is 3.70. The second kappa shape index (κ2) is 59.2. The first-order chi connectivity index (χ1) is 42.5. The van der Waals surface area contributed by atoms with Crippen LogP contribution in [0.5, 0.6) is 0 Å². The van der Waals surface area contributed by atoms with E-state index >= 15 is 0 Å². The molecule has 17 heteroatoms. The fourth-order valence-electron chi connectivity index (χ4n) is 10.7. The largest absolute Gasteiger partial charge is 2.00 e. The Hall–Kier alpha value is -2.60. The second-order valence-corrected chi connectivity index (χ2v) is 28.2. The number of carbonyl (C=O) groups is 4. The molecule has 0 saturated carbocycles. The van der Waals surface area contributed by atoms with Gasteiger partial charge in [-0.2, -0.15) is 0 Å². The summed E-state index contributed by atoms with van der Waals surface area (Å²) in [6.07, 6.45) is 57.9. The van der Waals surface area contributed by atoms with E-state index in [1.807, 2.05) is 0 Å². The van der Waals surface area contributed by atoms with Crippen LogP contribution in [0.1, 0.15) is 364 Å². The van der Waals surface area contributed by atoms with E-state index < -0.39 is 54.6 Å². The molecule has 0 amide bonds. The van der Waals surface area contributed by atoms with E-state index in [0.29, 0.717) is 13.2 Å². The maximum Gasteiger partial charge on any atom is 2.00 e. The van der Waals surface area contributed by atoms with Crippen LogP contribution < -0.4 is 0 Å². The Bertz CT molecular complexity index is 2120. The predicted molar refractivity (Wildman–Crippen MR) is 362 cm³/mol. The van der Waals surface area contributed by atoms with Crippen LogP contribution in [0.4, 0.5) is 0 Å². The first kappa shape index (κ1) is 86.4. The number of unbranched alkanes of at least 4 members (excludes halogenated alkanes) is 42. The molecule has 0 aromatic heterocycles. The standard InChI is InChI=1S/2C36H62O7S.Ca/c2*1-3-4-5-6-7-8-9-10-11-12-13-14-15-16-17-18-19-20-21-22-23-26-30-42-35(37)33-27-24-25-28-34(33)36(38)43-31-29-32(2)44(39,40)41;/h2*24-25,27-28,32H,3-23,26,29-31H2,1-2H3,(H,39,40,41);/q;;+2/p-2. The number of carbonyl (C=O) groups excluding carboxylic acids is 4.